The molecule has 0 saturated heterocycles. The Hall–Kier alpha value is -1.63. The van der Waals surface area contributed by atoms with Crippen molar-refractivity contribution in [3.63, 3.8) is 0 Å². The van der Waals surface area contributed by atoms with Gasteiger partial charge in [-0.3, -0.25) is 0 Å². The predicted molar refractivity (Wildman–Crippen MR) is 52.6 cm³/mol. The van der Waals surface area contributed by atoms with Crippen molar-refractivity contribution in [1.29, 1.82) is 0 Å². The van der Waals surface area contributed by atoms with E-state index in [0.717, 1.165) is 0 Å². The zero-order chi connectivity index (χ0) is 12.3. The van der Waals surface area contributed by atoms with Crippen molar-refractivity contribution in [2.24, 2.45) is 0 Å². The topological polar surface area (TPSA) is 118 Å². The van der Waals surface area contributed by atoms with Gasteiger partial charge in [-0.25, -0.2) is 4.79 Å². The first-order valence-electron chi connectivity index (χ1n) is 4.49. The second-order valence-corrected chi connectivity index (χ2v) is 3.27. The van der Waals surface area contributed by atoms with E-state index >= 15 is 0 Å². The number of aliphatic carboxylic acids is 1. The van der Waals surface area contributed by atoms with E-state index in [1.54, 1.807) is 0 Å². The molecule has 2 atom stereocenters. The Labute approximate surface area is 91.0 Å². The molecule has 6 nitrogen and oxygen atoms in total. The number of aliphatic hydroxyl groups excluding tert-OH is 3. The van der Waals surface area contributed by atoms with Crippen molar-refractivity contribution in [2.45, 2.75) is 18.8 Å². The highest BCUT2D eigenvalue weighted by molar-refractivity contribution is 5.73. The summed E-state index contributed by atoms with van der Waals surface area (Å²) in [5.74, 6) is -1.71. The minimum Gasteiger partial charge on any atom is -0.508 e. The average Bonchev–Trinajstić information content (AvgIpc) is 2.27. The first-order chi connectivity index (χ1) is 7.47. The summed E-state index contributed by atoms with van der Waals surface area (Å²) in [5.41, 5.74) is 0.255. The van der Waals surface area contributed by atoms with Gasteiger partial charge in [-0.1, -0.05) is 6.07 Å². The Morgan fingerprint density at radius 3 is 2.44 bits per heavy atom. The summed E-state index contributed by atoms with van der Waals surface area (Å²) >= 11 is 0. The van der Waals surface area contributed by atoms with Crippen LogP contribution in [0.4, 0.5) is 0 Å². The van der Waals surface area contributed by atoms with Gasteiger partial charge >= 0.3 is 5.97 Å². The average molecular weight is 228 g/mol. The maximum absolute atomic E-state index is 10.4. The molecule has 1 rings (SSSR count). The molecule has 1 aromatic carbocycles. The number of hydrogen-bond donors (Lipinski definition) is 5. The lowest BCUT2D eigenvalue weighted by Crippen LogP contribution is -2.27. The monoisotopic (exact) mass is 228 g/mol. The largest absolute Gasteiger partial charge is 0.508 e. The number of phenols is 1. The van der Waals surface area contributed by atoms with Gasteiger partial charge in [0.2, 0.25) is 0 Å². The highest BCUT2D eigenvalue weighted by atomic mass is 16.4. The van der Waals surface area contributed by atoms with Gasteiger partial charge in [0.1, 0.15) is 11.9 Å². The molecule has 0 heterocycles. The lowest BCUT2D eigenvalue weighted by Gasteiger charge is -2.15. The molecule has 0 aromatic heterocycles. The van der Waals surface area contributed by atoms with Gasteiger partial charge < -0.3 is 25.5 Å². The van der Waals surface area contributed by atoms with E-state index in [-0.39, 0.29) is 16.9 Å². The predicted octanol–water partition coefficient (Wildman–Crippen LogP) is -0.637. The highest BCUT2D eigenvalue weighted by Gasteiger charge is 2.25. The summed E-state index contributed by atoms with van der Waals surface area (Å²) < 4.78 is 0. The standard InChI is InChI=1S/C10H12O6/c11-4-6-3-5(1-2-7(6)12)8(13)9(14)10(15)16/h1-3,8-9,11-14H,4H2,(H,15,16). The van der Waals surface area contributed by atoms with Crippen LogP contribution in [0.3, 0.4) is 0 Å². The fourth-order valence-electron chi connectivity index (χ4n) is 1.23. The molecule has 6 heteroatoms. The molecule has 1 aromatic rings. The molecule has 0 aliphatic carbocycles. The van der Waals surface area contributed by atoms with Gasteiger partial charge in [-0.2, -0.15) is 0 Å². The summed E-state index contributed by atoms with van der Waals surface area (Å²) in [7, 11) is 0. The third-order valence-corrected chi connectivity index (χ3v) is 2.17. The van der Waals surface area contributed by atoms with Crippen molar-refractivity contribution in [1.82, 2.24) is 0 Å². The van der Waals surface area contributed by atoms with Crippen LogP contribution in [0.15, 0.2) is 18.2 Å². The number of carbonyl (C=O) groups is 1. The van der Waals surface area contributed by atoms with E-state index in [1.165, 1.54) is 18.2 Å². The van der Waals surface area contributed by atoms with Crippen molar-refractivity contribution in [3.05, 3.63) is 29.3 Å². The molecule has 0 radical (unpaired) electrons. The van der Waals surface area contributed by atoms with Gasteiger partial charge in [-0.05, 0) is 17.7 Å². The minimum atomic E-state index is -1.95. The van der Waals surface area contributed by atoms with Crippen molar-refractivity contribution in [3.8, 4) is 5.75 Å². The second kappa shape index (κ2) is 4.93. The van der Waals surface area contributed by atoms with E-state index in [9.17, 15) is 15.0 Å². The number of carboxylic acids is 1. The fourth-order valence-corrected chi connectivity index (χ4v) is 1.23. The number of aliphatic hydroxyl groups is 3. The van der Waals surface area contributed by atoms with Gasteiger partial charge in [0, 0.05) is 5.56 Å². The second-order valence-electron chi connectivity index (χ2n) is 3.27. The number of aromatic hydroxyl groups is 1. The van der Waals surface area contributed by atoms with Crippen LogP contribution in [0, 0.1) is 0 Å². The Balaban J connectivity index is 3.00. The molecule has 0 amide bonds. The molecular formula is C10H12O6. The minimum absolute atomic E-state index is 0.108. The van der Waals surface area contributed by atoms with Crippen LogP contribution >= 0.6 is 0 Å². The van der Waals surface area contributed by atoms with Gasteiger partial charge in [0.15, 0.2) is 6.10 Å². The number of rotatable bonds is 4. The number of benzene rings is 1. The van der Waals surface area contributed by atoms with Gasteiger partial charge in [-0.15, -0.1) is 0 Å². The smallest absolute Gasteiger partial charge is 0.335 e. The normalized spacial score (nSPS) is 14.4. The van der Waals surface area contributed by atoms with Crippen LogP contribution in [0.1, 0.15) is 17.2 Å². The van der Waals surface area contributed by atoms with E-state index < -0.39 is 24.8 Å². The summed E-state index contributed by atoms with van der Waals surface area (Å²) in [6.45, 7) is -0.449. The van der Waals surface area contributed by atoms with E-state index in [4.69, 9.17) is 15.3 Å². The summed E-state index contributed by atoms with van der Waals surface area (Å²) in [6, 6.07) is 3.70. The quantitative estimate of drug-likeness (QED) is 0.468. The fraction of sp³-hybridized carbons (Fsp3) is 0.300. The maximum Gasteiger partial charge on any atom is 0.335 e. The summed E-state index contributed by atoms with van der Waals surface area (Å²) in [6.07, 6.45) is -3.56. The Morgan fingerprint density at radius 1 is 1.31 bits per heavy atom. The third-order valence-electron chi connectivity index (χ3n) is 2.17. The Morgan fingerprint density at radius 2 is 1.94 bits per heavy atom. The Bertz CT molecular complexity index is 389. The zero-order valence-corrected chi connectivity index (χ0v) is 8.24. The van der Waals surface area contributed by atoms with E-state index in [2.05, 4.69) is 0 Å². The molecule has 0 fully saturated rings. The molecule has 16 heavy (non-hydrogen) atoms. The maximum atomic E-state index is 10.4. The van der Waals surface area contributed by atoms with Crippen molar-refractivity contribution >= 4 is 5.97 Å². The van der Waals surface area contributed by atoms with Crippen LogP contribution in [0.5, 0.6) is 5.75 Å². The molecule has 0 bridgehead atoms. The lowest BCUT2D eigenvalue weighted by atomic mass is 10.0. The molecule has 2 unspecified atom stereocenters. The van der Waals surface area contributed by atoms with Crippen LogP contribution in [-0.4, -0.2) is 37.6 Å². The van der Waals surface area contributed by atoms with Gasteiger partial charge in [0.05, 0.1) is 6.61 Å². The molecule has 88 valence electrons. The van der Waals surface area contributed by atoms with E-state index in [1.807, 2.05) is 0 Å². The van der Waals surface area contributed by atoms with E-state index in [0.29, 0.717) is 0 Å². The molecule has 0 aliphatic rings. The summed E-state index contributed by atoms with van der Waals surface area (Å²) in [4.78, 5) is 10.4. The van der Waals surface area contributed by atoms with Gasteiger partial charge in [0.25, 0.3) is 0 Å². The molecular weight excluding hydrogens is 216 g/mol. The van der Waals surface area contributed by atoms with Crippen LogP contribution in [-0.2, 0) is 11.4 Å². The lowest BCUT2D eigenvalue weighted by molar-refractivity contribution is -0.153. The molecule has 0 spiro atoms. The number of hydrogen-bond acceptors (Lipinski definition) is 5. The first-order valence-corrected chi connectivity index (χ1v) is 4.49. The Kier molecular flexibility index (Phi) is 3.83. The third kappa shape index (κ3) is 2.48. The number of carboxylic acid groups (broad SMARTS) is 1. The SMILES string of the molecule is O=C(O)C(O)C(O)c1ccc(O)c(CO)c1. The van der Waals surface area contributed by atoms with Crippen LogP contribution in [0.25, 0.3) is 0 Å². The highest BCUT2D eigenvalue weighted by Crippen LogP contribution is 2.24. The van der Waals surface area contributed by atoms with Crippen LogP contribution in [0.2, 0.25) is 0 Å². The van der Waals surface area contributed by atoms with Crippen molar-refractivity contribution < 1.29 is 30.3 Å². The first kappa shape index (κ1) is 12.4. The van der Waals surface area contributed by atoms with Crippen molar-refractivity contribution in [2.75, 3.05) is 0 Å². The molecule has 0 aliphatic heterocycles. The summed E-state index contributed by atoms with van der Waals surface area (Å²) in [5, 5.41) is 45.2. The molecule has 5 N–H and O–H groups in total. The van der Waals surface area contributed by atoms with Crippen LogP contribution < -0.4 is 0 Å². The molecule has 0 saturated carbocycles. The zero-order valence-electron chi connectivity index (χ0n) is 8.24.